The number of hydrogen-bond acceptors (Lipinski definition) is 3. The van der Waals surface area contributed by atoms with Gasteiger partial charge in [0.2, 0.25) is 0 Å². The van der Waals surface area contributed by atoms with Gasteiger partial charge in [0.1, 0.15) is 24.0 Å². The summed E-state index contributed by atoms with van der Waals surface area (Å²) >= 11 is 0. The summed E-state index contributed by atoms with van der Waals surface area (Å²) in [6, 6.07) is 23.4. The summed E-state index contributed by atoms with van der Waals surface area (Å²) in [5.41, 5.74) is 3.09. The van der Waals surface area contributed by atoms with Gasteiger partial charge in [-0.15, -0.1) is 0 Å². The summed E-state index contributed by atoms with van der Waals surface area (Å²) in [6.07, 6.45) is 1.67. The Kier molecular flexibility index (Phi) is 8.21. The van der Waals surface area contributed by atoms with Gasteiger partial charge in [-0.05, 0) is 66.9 Å². The third kappa shape index (κ3) is 6.47. The van der Waals surface area contributed by atoms with E-state index in [1.807, 2.05) is 6.07 Å². The highest BCUT2D eigenvalue weighted by molar-refractivity contribution is 5.30. The quantitative estimate of drug-likeness (QED) is 0.418. The number of hydrogen-bond donors (Lipinski definition) is 0. The molecule has 0 radical (unpaired) electrons. The number of likely N-dealkylation sites (N-methyl/N-ethyl adjacent to an activating group) is 1. The molecule has 1 heterocycles. The first-order valence-electron chi connectivity index (χ1n) is 11.8. The Morgan fingerprint density at radius 3 is 2.03 bits per heavy atom. The molecular weight excluding hydrogens is 418 g/mol. The molecule has 174 valence electrons. The number of rotatable bonds is 9. The van der Waals surface area contributed by atoms with E-state index in [9.17, 15) is 8.78 Å². The molecule has 0 spiro atoms. The molecule has 1 aliphatic heterocycles. The molecule has 3 aromatic carbocycles. The van der Waals surface area contributed by atoms with Crippen LogP contribution in [0.3, 0.4) is 0 Å². The summed E-state index contributed by atoms with van der Waals surface area (Å²) in [4.78, 5) is 4.81. The van der Waals surface area contributed by atoms with E-state index >= 15 is 0 Å². The van der Waals surface area contributed by atoms with Gasteiger partial charge in [-0.1, -0.05) is 61.5 Å². The SMILES string of the molecule is CCN1CCN(CCCc2ccccc2)CC1OC(c1ccc(F)cc1)c1ccc(F)cc1. The minimum atomic E-state index is -0.394. The van der Waals surface area contributed by atoms with Crippen molar-refractivity contribution in [1.82, 2.24) is 9.80 Å². The lowest BCUT2D eigenvalue weighted by Crippen LogP contribution is -2.54. The molecule has 3 nitrogen and oxygen atoms in total. The molecule has 1 atom stereocenters. The van der Waals surface area contributed by atoms with Gasteiger partial charge in [-0.3, -0.25) is 9.80 Å². The first-order chi connectivity index (χ1) is 16.1. The predicted molar refractivity (Wildman–Crippen MR) is 128 cm³/mol. The van der Waals surface area contributed by atoms with Gasteiger partial charge < -0.3 is 4.74 Å². The number of benzene rings is 3. The molecule has 5 heteroatoms. The van der Waals surface area contributed by atoms with Gasteiger partial charge in [0.15, 0.2) is 0 Å². The van der Waals surface area contributed by atoms with Crippen molar-refractivity contribution in [2.45, 2.75) is 32.1 Å². The number of nitrogens with zero attached hydrogens (tertiary/aromatic N) is 2. The maximum atomic E-state index is 13.6. The van der Waals surface area contributed by atoms with Crippen molar-refractivity contribution in [1.29, 1.82) is 0 Å². The van der Waals surface area contributed by atoms with Gasteiger partial charge >= 0.3 is 0 Å². The lowest BCUT2D eigenvalue weighted by atomic mass is 10.0. The second-order valence-corrected chi connectivity index (χ2v) is 8.59. The lowest BCUT2D eigenvalue weighted by molar-refractivity contribution is -0.122. The standard InChI is InChI=1S/C28H32F2N2O/c1-2-32-20-19-31(18-6-9-22-7-4-3-5-8-22)21-27(32)33-28(23-10-14-25(29)15-11-23)24-12-16-26(30)17-13-24/h3-5,7-8,10-17,27-28H,2,6,9,18-21H2,1H3. The third-order valence-electron chi connectivity index (χ3n) is 6.35. The molecule has 0 saturated carbocycles. The number of piperazine rings is 1. The first-order valence-corrected chi connectivity index (χ1v) is 11.8. The summed E-state index contributed by atoms with van der Waals surface area (Å²) in [7, 11) is 0. The Morgan fingerprint density at radius 1 is 0.848 bits per heavy atom. The molecule has 0 N–H and O–H groups in total. The van der Waals surface area contributed by atoms with Crippen LogP contribution in [0.1, 0.15) is 36.1 Å². The van der Waals surface area contributed by atoms with Crippen LogP contribution >= 0.6 is 0 Å². The lowest BCUT2D eigenvalue weighted by Gasteiger charge is -2.42. The van der Waals surface area contributed by atoms with E-state index in [2.05, 4.69) is 41.0 Å². The Hall–Kier alpha value is -2.60. The number of aryl methyl sites for hydroxylation is 1. The van der Waals surface area contributed by atoms with E-state index < -0.39 is 6.10 Å². The van der Waals surface area contributed by atoms with Crippen LogP contribution in [-0.4, -0.2) is 48.8 Å². The zero-order valence-electron chi connectivity index (χ0n) is 19.2. The van der Waals surface area contributed by atoms with Crippen molar-refractivity contribution in [3.63, 3.8) is 0 Å². The molecule has 1 saturated heterocycles. The number of halogens is 2. The fourth-order valence-electron chi connectivity index (χ4n) is 4.47. The van der Waals surface area contributed by atoms with Crippen LogP contribution in [0.2, 0.25) is 0 Å². The van der Waals surface area contributed by atoms with Crippen molar-refractivity contribution in [2.75, 3.05) is 32.7 Å². The van der Waals surface area contributed by atoms with E-state index in [4.69, 9.17) is 4.74 Å². The average Bonchev–Trinajstić information content (AvgIpc) is 2.85. The van der Waals surface area contributed by atoms with Gasteiger partial charge in [0.25, 0.3) is 0 Å². The second kappa shape index (κ2) is 11.5. The van der Waals surface area contributed by atoms with Crippen molar-refractivity contribution in [3.8, 4) is 0 Å². The average molecular weight is 451 g/mol. The molecule has 4 rings (SSSR count). The third-order valence-corrected chi connectivity index (χ3v) is 6.35. The van der Waals surface area contributed by atoms with E-state index in [-0.39, 0.29) is 17.9 Å². The fourth-order valence-corrected chi connectivity index (χ4v) is 4.47. The zero-order chi connectivity index (χ0) is 23.0. The Labute approximate surface area is 195 Å². The smallest absolute Gasteiger partial charge is 0.124 e. The maximum absolute atomic E-state index is 13.6. The minimum absolute atomic E-state index is 0.0967. The first kappa shape index (κ1) is 23.6. The van der Waals surface area contributed by atoms with Crippen LogP contribution in [0.25, 0.3) is 0 Å². The molecule has 1 unspecified atom stereocenters. The molecule has 1 aliphatic rings. The fraction of sp³-hybridized carbons (Fsp3) is 0.357. The summed E-state index contributed by atoms with van der Waals surface area (Å²) in [5, 5.41) is 0. The highest BCUT2D eigenvalue weighted by Crippen LogP contribution is 2.30. The molecule has 0 aromatic heterocycles. The highest BCUT2D eigenvalue weighted by Gasteiger charge is 2.30. The molecular formula is C28H32F2N2O. The number of ether oxygens (including phenoxy) is 1. The Balaban J connectivity index is 1.46. The largest absolute Gasteiger partial charge is 0.349 e. The van der Waals surface area contributed by atoms with Gasteiger partial charge in [0, 0.05) is 19.6 Å². The molecule has 0 bridgehead atoms. The van der Waals surface area contributed by atoms with Crippen LogP contribution < -0.4 is 0 Å². The van der Waals surface area contributed by atoms with E-state index in [1.165, 1.54) is 29.8 Å². The molecule has 3 aromatic rings. The van der Waals surface area contributed by atoms with Crippen LogP contribution in [0.15, 0.2) is 78.9 Å². The zero-order valence-corrected chi connectivity index (χ0v) is 19.2. The highest BCUT2D eigenvalue weighted by atomic mass is 19.1. The molecule has 1 fully saturated rings. The molecule has 0 aliphatic carbocycles. The van der Waals surface area contributed by atoms with Crippen LogP contribution in [0, 0.1) is 11.6 Å². The predicted octanol–water partition coefficient (Wildman–Crippen LogP) is 5.67. The van der Waals surface area contributed by atoms with Crippen LogP contribution in [0.5, 0.6) is 0 Å². The maximum Gasteiger partial charge on any atom is 0.124 e. The monoisotopic (exact) mass is 450 g/mol. The van der Waals surface area contributed by atoms with Crippen LogP contribution in [0.4, 0.5) is 8.78 Å². The van der Waals surface area contributed by atoms with Crippen molar-refractivity contribution in [3.05, 3.63) is 107 Å². The topological polar surface area (TPSA) is 15.7 Å². The molecule has 0 amide bonds. The van der Waals surface area contributed by atoms with E-state index in [1.54, 1.807) is 24.3 Å². The normalized spacial score (nSPS) is 17.5. The van der Waals surface area contributed by atoms with Crippen molar-refractivity contribution in [2.24, 2.45) is 0 Å². The summed E-state index contributed by atoms with van der Waals surface area (Å²) in [5.74, 6) is -0.567. The van der Waals surface area contributed by atoms with Gasteiger partial charge in [0.05, 0.1) is 0 Å². The van der Waals surface area contributed by atoms with Crippen LogP contribution in [-0.2, 0) is 11.2 Å². The molecule has 33 heavy (non-hydrogen) atoms. The minimum Gasteiger partial charge on any atom is -0.349 e. The van der Waals surface area contributed by atoms with Crippen molar-refractivity contribution < 1.29 is 13.5 Å². The van der Waals surface area contributed by atoms with E-state index in [0.717, 1.165) is 56.7 Å². The van der Waals surface area contributed by atoms with Crippen molar-refractivity contribution >= 4 is 0 Å². The summed E-state index contributed by atoms with van der Waals surface area (Å²) < 4.78 is 33.8. The Morgan fingerprint density at radius 2 is 1.45 bits per heavy atom. The van der Waals surface area contributed by atoms with E-state index in [0.29, 0.717) is 0 Å². The Bertz CT molecular complexity index is 934. The van der Waals surface area contributed by atoms with Gasteiger partial charge in [-0.25, -0.2) is 8.78 Å². The van der Waals surface area contributed by atoms with Gasteiger partial charge in [-0.2, -0.15) is 0 Å². The second-order valence-electron chi connectivity index (χ2n) is 8.59. The summed E-state index contributed by atoms with van der Waals surface area (Å²) in [6.45, 7) is 6.81.